The van der Waals surface area contributed by atoms with Crippen molar-refractivity contribution in [2.45, 2.75) is 46.1 Å². The molecule has 5 rings (SSSR count). The van der Waals surface area contributed by atoms with E-state index in [4.69, 9.17) is 0 Å². The van der Waals surface area contributed by atoms with Crippen molar-refractivity contribution in [3.05, 3.63) is 70.8 Å². The van der Waals surface area contributed by atoms with Gasteiger partial charge in [0.2, 0.25) is 5.91 Å². The zero-order chi connectivity index (χ0) is 26.6. The summed E-state index contributed by atoms with van der Waals surface area (Å²) < 4.78 is 0. The zero-order valence-electron chi connectivity index (χ0n) is 23.4. The first-order valence-electron chi connectivity index (χ1n) is 14.6. The van der Waals surface area contributed by atoms with E-state index in [-0.39, 0.29) is 23.8 Å². The lowest BCUT2D eigenvalue weighted by Gasteiger charge is -2.32. The van der Waals surface area contributed by atoms with E-state index >= 15 is 0 Å². The summed E-state index contributed by atoms with van der Waals surface area (Å²) in [6, 6.07) is 16.6. The molecule has 204 valence electrons. The van der Waals surface area contributed by atoms with Gasteiger partial charge in [-0.2, -0.15) is 0 Å². The van der Waals surface area contributed by atoms with Gasteiger partial charge in [-0.1, -0.05) is 55.5 Å². The highest BCUT2D eigenvalue weighted by Crippen LogP contribution is 2.33. The number of benzene rings is 2. The van der Waals surface area contributed by atoms with Crippen molar-refractivity contribution in [2.24, 2.45) is 17.8 Å². The van der Waals surface area contributed by atoms with Crippen molar-refractivity contribution in [2.75, 3.05) is 52.4 Å². The summed E-state index contributed by atoms with van der Waals surface area (Å²) >= 11 is 0. The standard InChI is InChI=1S/C32H44N4O2/c1-4-34-16-13-26(14-17-34)31(37)33-29(25-11-6-5-7-12-25)15-18-35-19-27-21-36(22-28(27)20-35)32(38)30-23(2)9-8-10-24(30)3/h5-12,26-29H,4,13-22H2,1-3H3,(H,33,37)/t27?,28?,29-/m0/s1. The molecule has 3 atom stereocenters. The molecule has 0 spiro atoms. The van der Waals surface area contributed by atoms with Crippen LogP contribution in [0.25, 0.3) is 0 Å². The Labute approximate surface area is 228 Å². The van der Waals surface area contributed by atoms with E-state index in [1.807, 2.05) is 38.1 Å². The lowest BCUT2D eigenvalue weighted by atomic mass is 9.94. The maximum atomic E-state index is 13.3. The molecule has 0 bridgehead atoms. The van der Waals surface area contributed by atoms with E-state index in [0.717, 1.165) is 88.3 Å². The third-order valence-electron chi connectivity index (χ3n) is 9.20. The van der Waals surface area contributed by atoms with Crippen molar-refractivity contribution in [1.29, 1.82) is 0 Å². The quantitative estimate of drug-likeness (QED) is 0.569. The van der Waals surface area contributed by atoms with E-state index in [2.05, 4.69) is 51.2 Å². The molecular weight excluding hydrogens is 472 g/mol. The molecule has 3 aliphatic heterocycles. The Morgan fingerprint density at radius 1 is 0.868 bits per heavy atom. The Hall–Kier alpha value is -2.70. The van der Waals surface area contributed by atoms with Crippen LogP contribution in [0.3, 0.4) is 0 Å². The normalized spacial score (nSPS) is 23.4. The second kappa shape index (κ2) is 12.0. The topological polar surface area (TPSA) is 55.9 Å². The zero-order valence-corrected chi connectivity index (χ0v) is 23.4. The predicted octanol–water partition coefficient (Wildman–Crippen LogP) is 4.29. The van der Waals surface area contributed by atoms with Crippen LogP contribution in [0.1, 0.15) is 59.3 Å². The molecule has 2 aromatic carbocycles. The fourth-order valence-electron chi connectivity index (χ4n) is 6.87. The lowest BCUT2D eigenvalue weighted by molar-refractivity contribution is -0.127. The summed E-state index contributed by atoms with van der Waals surface area (Å²) in [7, 11) is 0. The molecule has 38 heavy (non-hydrogen) atoms. The smallest absolute Gasteiger partial charge is 0.254 e. The maximum Gasteiger partial charge on any atom is 0.254 e. The molecular formula is C32H44N4O2. The second-order valence-electron chi connectivity index (χ2n) is 11.7. The molecule has 2 amide bonds. The molecule has 1 N–H and O–H groups in total. The first kappa shape index (κ1) is 26.9. The van der Waals surface area contributed by atoms with Gasteiger partial charge in [-0.25, -0.2) is 0 Å². The van der Waals surface area contributed by atoms with Gasteiger partial charge in [-0.15, -0.1) is 0 Å². The van der Waals surface area contributed by atoms with E-state index < -0.39 is 0 Å². The highest BCUT2D eigenvalue weighted by molar-refractivity contribution is 5.97. The molecule has 3 heterocycles. The minimum atomic E-state index is 0.0375. The minimum Gasteiger partial charge on any atom is -0.349 e. The number of fused-ring (bicyclic) bond motifs is 1. The molecule has 6 nitrogen and oxygen atoms in total. The Balaban J connectivity index is 1.15. The number of aryl methyl sites for hydroxylation is 2. The molecule has 0 aliphatic carbocycles. The predicted molar refractivity (Wildman–Crippen MR) is 152 cm³/mol. The number of hydrogen-bond acceptors (Lipinski definition) is 4. The van der Waals surface area contributed by atoms with Crippen LogP contribution < -0.4 is 5.32 Å². The average molecular weight is 517 g/mol. The monoisotopic (exact) mass is 516 g/mol. The van der Waals surface area contributed by atoms with Crippen LogP contribution in [0.5, 0.6) is 0 Å². The molecule has 0 aromatic heterocycles. The van der Waals surface area contributed by atoms with Gasteiger partial charge in [0.1, 0.15) is 0 Å². The SMILES string of the molecule is CCN1CCC(C(=O)N[C@@H](CCN2CC3CN(C(=O)c4c(C)cccc4C)CC3C2)c2ccccc2)CC1. The van der Waals surface area contributed by atoms with Crippen LogP contribution >= 0.6 is 0 Å². The van der Waals surface area contributed by atoms with E-state index in [1.54, 1.807) is 0 Å². The summed E-state index contributed by atoms with van der Waals surface area (Å²) in [5.74, 6) is 1.61. The number of rotatable bonds is 8. The fourth-order valence-corrected chi connectivity index (χ4v) is 6.87. The van der Waals surface area contributed by atoms with Crippen molar-refractivity contribution < 1.29 is 9.59 Å². The molecule has 0 saturated carbocycles. The summed E-state index contributed by atoms with van der Waals surface area (Å²) in [6.45, 7) is 14.1. The van der Waals surface area contributed by atoms with Crippen LogP contribution in [0.2, 0.25) is 0 Å². The third-order valence-corrected chi connectivity index (χ3v) is 9.20. The van der Waals surface area contributed by atoms with Gasteiger partial charge in [0.15, 0.2) is 0 Å². The van der Waals surface area contributed by atoms with Gasteiger partial charge in [0.25, 0.3) is 5.91 Å². The summed E-state index contributed by atoms with van der Waals surface area (Å²) in [5.41, 5.74) is 4.21. The van der Waals surface area contributed by atoms with Crippen LogP contribution in [-0.4, -0.2) is 78.9 Å². The Kier molecular flexibility index (Phi) is 8.49. The van der Waals surface area contributed by atoms with E-state index in [1.165, 1.54) is 5.56 Å². The van der Waals surface area contributed by atoms with E-state index in [0.29, 0.717) is 11.8 Å². The maximum absolute atomic E-state index is 13.3. The summed E-state index contributed by atoms with van der Waals surface area (Å²) in [4.78, 5) is 33.6. The molecule has 3 saturated heterocycles. The Morgan fingerprint density at radius 2 is 1.50 bits per heavy atom. The van der Waals surface area contributed by atoms with Crippen molar-refractivity contribution in [3.8, 4) is 0 Å². The molecule has 0 radical (unpaired) electrons. The van der Waals surface area contributed by atoms with Crippen LogP contribution in [0.4, 0.5) is 0 Å². The Morgan fingerprint density at radius 3 is 2.11 bits per heavy atom. The van der Waals surface area contributed by atoms with Gasteiger partial charge in [0.05, 0.1) is 6.04 Å². The van der Waals surface area contributed by atoms with Crippen LogP contribution in [0.15, 0.2) is 48.5 Å². The number of likely N-dealkylation sites (tertiary alicyclic amines) is 3. The Bertz CT molecular complexity index is 1080. The van der Waals surface area contributed by atoms with Crippen molar-refractivity contribution in [1.82, 2.24) is 20.0 Å². The van der Waals surface area contributed by atoms with Gasteiger partial charge >= 0.3 is 0 Å². The fraction of sp³-hybridized carbons (Fsp3) is 0.562. The highest BCUT2D eigenvalue weighted by atomic mass is 16.2. The van der Waals surface area contributed by atoms with Gasteiger partial charge < -0.3 is 20.0 Å². The van der Waals surface area contributed by atoms with Crippen molar-refractivity contribution in [3.63, 3.8) is 0 Å². The van der Waals surface area contributed by atoms with Gasteiger partial charge in [-0.3, -0.25) is 9.59 Å². The van der Waals surface area contributed by atoms with Crippen LogP contribution in [-0.2, 0) is 4.79 Å². The second-order valence-corrected chi connectivity index (χ2v) is 11.7. The summed E-state index contributed by atoms with van der Waals surface area (Å²) in [5, 5.41) is 3.42. The average Bonchev–Trinajstić information content (AvgIpc) is 3.50. The number of carbonyl (C=O) groups is 2. The minimum absolute atomic E-state index is 0.0375. The molecule has 3 aliphatic rings. The molecule has 2 aromatic rings. The van der Waals surface area contributed by atoms with Crippen LogP contribution in [0, 0.1) is 31.6 Å². The number of carbonyl (C=O) groups excluding carboxylic acids is 2. The third kappa shape index (κ3) is 5.97. The van der Waals surface area contributed by atoms with Gasteiger partial charge in [-0.05, 0) is 81.3 Å². The van der Waals surface area contributed by atoms with E-state index in [9.17, 15) is 9.59 Å². The number of nitrogens with one attached hydrogen (secondary N) is 1. The van der Waals surface area contributed by atoms with Crippen molar-refractivity contribution >= 4 is 11.8 Å². The largest absolute Gasteiger partial charge is 0.349 e. The highest BCUT2D eigenvalue weighted by Gasteiger charge is 2.42. The molecule has 6 heteroatoms. The molecule has 3 fully saturated rings. The first-order valence-corrected chi connectivity index (χ1v) is 14.6. The number of hydrogen-bond donors (Lipinski definition) is 1. The first-order chi connectivity index (χ1) is 18.4. The lowest BCUT2D eigenvalue weighted by Crippen LogP contribution is -2.42. The summed E-state index contributed by atoms with van der Waals surface area (Å²) in [6.07, 6.45) is 2.82. The number of piperidine rings is 1. The molecule has 2 unspecified atom stereocenters. The number of nitrogens with zero attached hydrogens (tertiary/aromatic N) is 3. The van der Waals surface area contributed by atoms with Gasteiger partial charge in [0, 0.05) is 44.2 Å². The number of amides is 2.